The maximum absolute atomic E-state index is 3.34. The second-order valence-corrected chi connectivity index (χ2v) is 4.26. The minimum absolute atomic E-state index is 0.747. The predicted octanol–water partition coefficient (Wildman–Crippen LogP) is 1.33. The molecule has 0 aromatic carbocycles. The molecule has 0 aromatic rings. The van der Waals surface area contributed by atoms with Crippen LogP contribution < -0.4 is 5.32 Å². The topological polar surface area (TPSA) is 15.3 Å². The van der Waals surface area contributed by atoms with Crippen LogP contribution in [0, 0.1) is 5.92 Å². The van der Waals surface area contributed by atoms with Crippen molar-refractivity contribution < 1.29 is 0 Å². The van der Waals surface area contributed by atoms with Gasteiger partial charge in [0.1, 0.15) is 0 Å². The van der Waals surface area contributed by atoms with E-state index in [9.17, 15) is 0 Å². The lowest BCUT2D eigenvalue weighted by Gasteiger charge is -2.16. The summed E-state index contributed by atoms with van der Waals surface area (Å²) in [4.78, 5) is 2.57. The van der Waals surface area contributed by atoms with Gasteiger partial charge in [-0.15, -0.1) is 0 Å². The molecule has 1 fully saturated rings. The molecule has 12 heavy (non-hydrogen) atoms. The van der Waals surface area contributed by atoms with Crippen molar-refractivity contribution in [3.63, 3.8) is 0 Å². The van der Waals surface area contributed by atoms with Crippen molar-refractivity contribution in [2.24, 2.45) is 5.92 Å². The van der Waals surface area contributed by atoms with E-state index in [1.807, 2.05) is 0 Å². The number of rotatable bonds is 4. The monoisotopic (exact) mass is 170 g/mol. The van der Waals surface area contributed by atoms with Crippen molar-refractivity contribution in [3.05, 3.63) is 0 Å². The summed E-state index contributed by atoms with van der Waals surface area (Å²) in [6.45, 7) is 8.43. The lowest BCUT2D eigenvalue weighted by atomic mass is 10.1. The highest BCUT2D eigenvalue weighted by molar-refractivity contribution is 4.79. The summed E-state index contributed by atoms with van der Waals surface area (Å²) in [5.74, 6) is 0.846. The maximum atomic E-state index is 3.34. The first-order valence-electron chi connectivity index (χ1n) is 5.12. The molecule has 0 aliphatic carbocycles. The second-order valence-electron chi connectivity index (χ2n) is 4.26. The fraction of sp³-hybridized carbons (Fsp3) is 1.00. The van der Waals surface area contributed by atoms with Crippen LogP contribution in [0.2, 0.25) is 0 Å². The summed E-state index contributed by atoms with van der Waals surface area (Å²) in [6.07, 6.45) is 2.67. The van der Waals surface area contributed by atoms with E-state index >= 15 is 0 Å². The standard InChI is InChI=1S/C10H22N2/c1-9(2)4-6-12-7-5-10(8-12)11-3/h9-11H,4-8H2,1-3H3. The van der Waals surface area contributed by atoms with Crippen LogP contribution in [0.5, 0.6) is 0 Å². The van der Waals surface area contributed by atoms with Gasteiger partial charge in [-0.3, -0.25) is 0 Å². The molecule has 0 spiro atoms. The van der Waals surface area contributed by atoms with Crippen molar-refractivity contribution in [2.45, 2.75) is 32.7 Å². The van der Waals surface area contributed by atoms with E-state index in [4.69, 9.17) is 0 Å². The highest BCUT2D eigenvalue weighted by atomic mass is 15.2. The summed E-state index contributed by atoms with van der Waals surface area (Å²) in [5.41, 5.74) is 0. The number of nitrogens with one attached hydrogen (secondary N) is 1. The Hall–Kier alpha value is -0.0800. The smallest absolute Gasteiger partial charge is 0.0204 e. The molecule has 1 heterocycles. The third kappa shape index (κ3) is 3.11. The Morgan fingerprint density at radius 2 is 2.25 bits per heavy atom. The molecule has 1 rings (SSSR count). The first kappa shape index (κ1) is 10.0. The fourth-order valence-corrected chi connectivity index (χ4v) is 1.71. The first-order valence-corrected chi connectivity index (χ1v) is 5.12. The Labute approximate surface area is 76.3 Å². The van der Waals surface area contributed by atoms with Crippen molar-refractivity contribution in [1.82, 2.24) is 10.2 Å². The van der Waals surface area contributed by atoms with Gasteiger partial charge in [-0.05, 0) is 38.9 Å². The minimum atomic E-state index is 0.747. The molecule has 2 heteroatoms. The van der Waals surface area contributed by atoms with E-state index in [0.29, 0.717) is 0 Å². The highest BCUT2D eigenvalue weighted by Crippen LogP contribution is 2.10. The third-order valence-electron chi connectivity index (χ3n) is 2.70. The number of hydrogen-bond acceptors (Lipinski definition) is 2. The van der Waals surface area contributed by atoms with E-state index in [1.165, 1.54) is 32.5 Å². The lowest BCUT2D eigenvalue weighted by molar-refractivity contribution is 0.306. The molecule has 0 amide bonds. The molecule has 0 radical (unpaired) electrons. The van der Waals surface area contributed by atoms with Crippen LogP contribution in [0.15, 0.2) is 0 Å². The van der Waals surface area contributed by atoms with Crippen LogP contribution in [0.4, 0.5) is 0 Å². The van der Waals surface area contributed by atoms with Gasteiger partial charge in [0.2, 0.25) is 0 Å². The van der Waals surface area contributed by atoms with Gasteiger partial charge >= 0.3 is 0 Å². The van der Waals surface area contributed by atoms with Crippen LogP contribution in [-0.4, -0.2) is 37.6 Å². The molecule has 0 aromatic heterocycles. The van der Waals surface area contributed by atoms with Crippen LogP contribution in [0.3, 0.4) is 0 Å². The summed E-state index contributed by atoms with van der Waals surface area (Å²) in [7, 11) is 2.07. The zero-order valence-corrected chi connectivity index (χ0v) is 8.64. The van der Waals surface area contributed by atoms with Crippen molar-refractivity contribution in [2.75, 3.05) is 26.7 Å². The molecular formula is C10H22N2. The number of likely N-dealkylation sites (N-methyl/N-ethyl adjacent to an activating group) is 1. The second kappa shape index (κ2) is 4.83. The fourth-order valence-electron chi connectivity index (χ4n) is 1.71. The van der Waals surface area contributed by atoms with E-state index in [-0.39, 0.29) is 0 Å². The molecule has 1 atom stereocenters. The number of nitrogens with zero attached hydrogens (tertiary/aromatic N) is 1. The van der Waals surface area contributed by atoms with Gasteiger partial charge in [0.15, 0.2) is 0 Å². The Morgan fingerprint density at radius 3 is 2.75 bits per heavy atom. The molecule has 0 bridgehead atoms. The molecular weight excluding hydrogens is 148 g/mol. The number of hydrogen-bond donors (Lipinski definition) is 1. The van der Waals surface area contributed by atoms with Crippen LogP contribution >= 0.6 is 0 Å². The molecule has 0 saturated carbocycles. The molecule has 1 saturated heterocycles. The van der Waals surface area contributed by atoms with Gasteiger partial charge in [-0.1, -0.05) is 13.8 Å². The molecule has 1 N–H and O–H groups in total. The summed E-state index contributed by atoms with van der Waals surface area (Å²) in [6, 6.07) is 0.747. The van der Waals surface area contributed by atoms with Gasteiger partial charge in [0, 0.05) is 12.6 Å². The van der Waals surface area contributed by atoms with Gasteiger partial charge in [-0.2, -0.15) is 0 Å². The van der Waals surface area contributed by atoms with Gasteiger partial charge in [0.25, 0.3) is 0 Å². The average Bonchev–Trinajstić information content (AvgIpc) is 2.48. The van der Waals surface area contributed by atoms with Gasteiger partial charge in [0.05, 0.1) is 0 Å². The molecule has 72 valence electrons. The van der Waals surface area contributed by atoms with Crippen molar-refractivity contribution in [1.29, 1.82) is 0 Å². The molecule has 1 unspecified atom stereocenters. The van der Waals surface area contributed by atoms with Crippen LogP contribution in [0.25, 0.3) is 0 Å². The Morgan fingerprint density at radius 1 is 1.50 bits per heavy atom. The average molecular weight is 170 g/mol. The van der Waals surface area contributed by atoms with Crippen LogP contribution in [0.1, 0.15) is 26.7 Å². The predicted molar refractivity (Wildman–Crippen MR) is 53.4 cm³/mol. The van der Waals surface area contributed by atoms with Gasteiger partial charge < -0.3 is 10.2 Å². The highest BCUT2D eigenvalue weighted by Gasteiger charge is 2.19. The van der Waals surface area contributed by atoms with Crippen molar-refractivity contribution >= 4 is 0 Å². The van der Waals surface area contributed by atoms with Gasteiger partial charge in [-0.25, -0.2) is 0 Å². The first-order chi connectivity index (χ1) is 5.72. The van der Waals surface area contributed by atoms with E-state index in [1.54, 1.807) is 0 Å². The number of likely N-dealkylation sites (tertiary alicyclic amines) is 1. The molecule has 1 aliphatic heterocycles. The Balaban J connectivity index is 2.11. The summed E-state index contributed by atoms with van der Waals surface area (Å²) >= 11 is 0. The zero-order chi connectivity index (χ0) is 8.97. The Kier molecular flexibility index (Phi) is 4.02. The van der Waals surface area contributed by atoms with E-state index in [0.717, 1.165) is 12.0 Å². The SMILES string of the molecule is CNC1CCN(CCC(C)C)C1. The third-order valence-corrected chi connectivity index (χ3v) is 2.70. The van der Waals surface area contributed by atoms with E-state index in [2.05, 4.69) is 31.1 Å². The molecule has 1 aliphatic rings. The van der Waals surface area contributed by atoms with E-state index < -0.39 is 0 Å². The molecule has 2 nitrogen and oxygen atoms in total. The zero-order valence-electron chi connectivity index (χ0n) is 8.64. The normalized spacial score (nSPS) is 25.5. The quantitative estimate of drug-likeness (QED) is 0.684. The summed E-state index contributed by atoms with van der Waals surface area (Å²) in [5, 5.41) is 3.34. The summed E-state index contributed by atoms with van der Waals surface area (Å²) < 4.78 is 0. The minimum Gasteiger partial charge on any atom is -0.316 e. The lowest BCUT2D eigenvalue weighted by Crippen LogP contribution is -2.30. The van der Waals surface area contributed by atoms with Crippen molar-refractivity contribution in [3.8, 4) is 0 Å². The largest absolute Gasteiger partial charge is 0.316 e. The maximum Gasteiger partial charge on any atom is 0.0204 e. The Bertz CT molecular complexity index is 123. The van der Waals surface area contributed by atoms with Crippen LogP contribution in [-0.2, 0) is 0 Å².